The van der Waals surface area contributed by atoms with Crippen LogP contribution in [0.1, 0.15) is 32.1 Å². The van der Waals surface area contributed by atoms with Crippen LogP contribution in [0.4, 0.5) is 4.39 Å². The molecule has 1 aliphatic rings. The molecule has 0 amide bonds. The summed E-state index contributed by atoms with van der Waals surface area (Å²) in [4.78, 5) is 2.58. The summed E-state index contributed by atoms with van der Waals surface area (Å²) in [5.41, 5.74) is 2.05. The maximum absolute atomic E-state index is 13.1. The molecule has 4 rings (SSSR count). The van der Waals surface area contributed by atoms with Crippen LogP contribution in [0.5, 0.6) is 5.75 Å². The molecule has 0 bridgehead atoms. The molecular formula is C23H27FN2O. The zero-order chi connectivity index (χ0) is 18.5. The van der Waals surface area contributed by atoms with Crippen LogP contribution in [-0.4, -0.2) is 35.7 Å². The van der Waals surface area contributed by atoms with Gasteiger partial charge in [-0.25, -0.2) is 4.39 Å². The number of aromatic nitrogens is 1. The molecule has 0 aliphatic carbocycles. The minimum atomic E-state index is -0.216. The fraction of sp³-hybridized carbons (Fsp3) is 0.391. The summed E-state index contributed by atoms with van der Waals surface area (Å²) in [6, 6.07) is 14.8. The number of halogens is 1. The zero-order valence-electron chi connectivity index (χ0n) is 15.7. The molecule has 0 atom stereocenters. The fourth-order valence-electron chi connectivity index (χ4n) is 3.85. The molecule has 27 heavy (non-hydrogen) atoms. The molecule has 2 heterocycles. The highest BCUT2D eigenvalue weighted by Crippen LogP contribution is 2.25. The van der Waals surface area contributed by atoms with E-state index in [0.717, 1.165) is 35.4 Å². The molecule has 3 aromatic rings. The Kier molecular flexibility index (Phi) is 5.73. The number of fused-ring (bicyclic) bond motifs is 1. The number of likely N-dealkylation sites (tertiary alicyclic amines) is 1. The van der Waals surface area contributed by atoms with Gasteiger partial charge in [0.25, 0.3) is 0 Å². The lowest BCUT2D eigenvalue weighted by molar-refractivity contribution is 0.216. The quantitative estimate of drug-likeness (QED) is 0.520. The molecule has 3 nitrogen and oxygen atoms in total. The predicted octanol–water partition coefficient (Wildman–Crippen LogP) is 5.41. The molecule has 2 aromatic carbocycles. The molecule has 1 aliphatic heterocycles. The van der Waals surface area contributed by atoms with E-state index in [1.807, 2.05) is 12.3 Å². The Bertz CT molecular complexity index is 866. The van der Waals surface area contributed by atoms with E-state index in [0.29, 0.717) is 0 Å². The number of piperidine rings is 1. The minimum absolute atomic E-state index is 0.216. The number of hydrogen-bond acceptors (Lipinski definition) is 2. The number of unbranched alkanes of at least 4 members (excludes halogenated alkanes) is 1. The van der Waals surface area contributed by atoms with Gasteiger partial charge in [0.05, 0.1) is 12.1 Å². The van der Waals surface area contributed by atoms with Gasteiger partial charge in [-0.05, 0) is 93.8 Å². The lowest BCUT2D eigenvalue weighted by Gasteiger charge is -2.26. The van der Waals surface area contributed by atoms with Crippen molar-refractivity contribution < 1.29 is 9.13 Å². The van der Waals surface area contributed by atoms with Gasteiger partial charge in [0.15, 0.2) is 0 Å². The van der Waals surface area contributed by atoms with Crippen LogP contribution in [0.15, 0.2) is 54.7 Å². The van der Waals surface area contributed by atoms with Crippen LogP contribution in [0.25, 0.3) is 16.6 Å². The molecule has 1 aromatic heterocycles. The highest BCUT2D eigenvalue weighted by Gasteiger charge is 2.09. The second kappa shape index (κ2) is 8.57. The van der Waals surface area contributed by atoms with E-state index in [9.17, 15) is 4.39 Å². The highest BCUT2D eigenvalue weighted by atomic mass is 19.1. The van der Waals surface area contributed by atoms with E-state index >= 15 is 0 Å². The van der Waals surface area contributed by atoms with Gasteiger partial charge in [-0.1, -0.05) is 6.42 Å². The minimum Gasteiger partial charge on any atom is -0.494 e. The molecule has 0 spiro atoms. The summed E-state index contributed by atoms with van der Waals surface area (Å²) in [7, 11) is 0. The van der Waals surface area contributed by atoms with E-state index < -0.39 is 0 Å². The molecule has 0 saturated carbocycles. The van der Waals surface area contributed by atoms with Gasteiger partial charge in [-0.2, -0.15) is 0 Å². The molecule has 142 valence electrons. The monoisotopic (exact) mass is 366 g/mol. The number of nitrogens with zero attached hydrogens (tertiary/aromatic N) is 2. The lowest BCUT2D eigenvalue weighted by Crippen LogP contribution is -2.30. The Hall–Kier alpha value is -2.33. The van der Waals surface area contributed by atoms with Crippen LogP contribution in [0.3, 0.4) is 0 Å². The van der Waals surface area contributed by atoms with Crippen molar-refractivity contribution in [2.75, 3.05) is 26.2 Å². The second-order valence-corrected chi connectivity index (χ2v) is 7.34. The predicted molar refractivity (Wildman–Crippen MR) is 108 cm³/mol. The average Bonchev–Trinajstić information content (AvgIpc) is 3.12. The lowest BCUT2D eigenvalue weighted by atomic mass is 10.1. The van der Waals surface area contributed by atoms with E-state index in [1.165, 1.54) is 57.5 Å². The van der Waals surface area contributed by atoms with Gasteiger partial charge in [0.2, 0.25) is 0 Å². The molecule has 0 radical (unpaired) electrons. The Balaban J connectivity index is 1.31. The fourth-order valence-corrected chi connectivity index (χ4v) is 3.85. The largest absolute Gasteiger partial charge is 0.494 e. The maximum Gasteiger partial charge on any atom is 0.123 e. The Morgan fingerprint density at radius 1 is 0.889 bits per heavy atom. The van der Waals surface area contributed by atoms with Gasteiger partial charge in [0.1, 0.15) is 11.6 Å². The van der Waals surface area contributed by atoms with Gasteiger partial charge in [-0.15, -0.1) is 0 Å². The van der Waals surface area contributed by atoms with Crippen molar-refractivity contribution in [3.8, 4) is 11.4 Å². The average molecular weight is 366 g/mol. The SMILES string of the molecule is Fc1ccc(-n2ccc3cc(OCCCCN4CCCCC4)ccc32)cc1. The molecule has 1 fully saturated rings. The maximum atomic E-state index is 13.1. The molecule has 0 unspecified atom stereocenters. The van der Waals surface area contributed by atoms with Gasteiger partial charge in [0, 0.05) is 17.3 Å². The topological polar surface area (TPSA) is 17.4 Å². The molecule has 1 saturated heterocycles. The Morgan fingerprint density at radius 3 is 2.52 bits per heavy atom. The third-order valence-electron chi connectivity index (χ3n) is 5.35. The van der Waals surface area contributed by atoms with Crippen LogP contribution in [-0.2, 0) is 0 Å². The smallest absolute Gasteiger partial charge is 0.123 e. The zero-order valence-corrected chi connectivity index (χ0v) is 15.7. The van der Waals surface area contributed by atoms with E-state index in [1.54, 1.807) is 12.1 Å². The Labute approximate surface area is 160 Å². The van der Waals surface area contributed by atoms with Crippen molar-refractivity contribution in [1.82, 2.24) is 9.47 Å². The standard InChI is InChI=1S/C23H27FN2O/c24-20-6-8-21(9-7-20)26-16-12-19-18-22(10-11-23(19)26)27-17-5-4-15-25-13-2-1-3-14-25/h6-12,16,18H,1-5,13-15,17H2. The number of rotatable bonds is 7. The summed E-state index contributed by atoms with van der Waals surface area (Å²) < 4.78 is 21.2. The first-order valence-electron chi connectivity index (χ1n) is 10.0. The van der Waals surface area contributed by atoms with Gasteiger partial charge >= 0.3 is 0 Å². The normalized spacial score (nSPS) is 15.3. The van der Waals surface area contributed by atoms with Crippen LogP contribution in [0.2, 0.25) is 0 Å². The van der Waals surface area contributed by atoms with Crippen molar-refractivity contribution in [2.45, 2.75) is 32.1 Å². The van der Waals surface area contributed by atoms with E-state index in [2.05, 4.69) is 27.7 Å². The Morgan fingerprint density at radius 2 is 1.70 bits per heavy atom. The van der Waals surface area contributed by atoms with Crippen molar-refractivity contribution >= 4 is 10.9 Å². The third-order valence-corrected chi connectivity index (χ3v) is 5.35. The van der Waals surface area contributed by atoms with E-state index in [-0.39, 0.29) is 5.82 Å². The number of benzene rings is 2. The number of hydrogen-bond donors (Lipinski definition) is 0. The summed E-state index contributed by atoms with van der Waals surface area (Å²) in [6.45, 7) is 4.49. The first-order chi connectivity index (χ1) is 13.3. The molecule has 0 N–H and O–H groups in total. The van der Waals surface area contributed by atoms with Crippen molar-refractivity contribution in [1.29, 1.82) is 0 Å². The van der Waals surface area contributed by atoms with Gasteiger partial charge < -0.3 is 14.2 Å². The first kappa shape index (κ1) is 18.1. The summed E-state index contributed by atoms with van der Waals surface area (Å²) in [5.74, 6) is 0.698. The van der Waals surface area contributed by atoms with Crippen LogP contribution < -0.4 is 4.74 Å². The summed E-state index contributed by atoms with van der Waals surface area (Å²) >= 11 is 0. The first-order valence-corrected chi connectivity index (χ1v) is 10.0. The summed E-state index contributed by atoms with van der Waals surface area (Å²) in [6.07, 6.45) is 8.40. The molecular weight excluding hydrogens is 339 g/mol. The molecule has 4 heteroatoms. The van der Waals surface area contributed by atoms with Gasteiger partial charge in [-0.3, -0.25) is 0 Å². The van der Waals surface area contributed by atoms with Crippen molar-refractivity contribution in [3.05, 3.63) is 60.5 Å². The van der Waals surface area contributed by atoms with Crippen LogP contribution >= 0.6 is 0 Å². The van der Waals surface area contributed by atoms with E-state index in [4.69, 9.17) is 4.74 Å². The summed E-state index contributed by atoms with van der Waals surface area (Å²) in [5, 5.41) is 1.13. The van der Waals surface area contributed by atoms with Crippen LogP contribution in [0, 0.1) is 5.82 Å². The second-order valence-electron chi connectivity index (χ2n) is 7.34. The van der Waals surface area contributed by atoms with Crippen molar-refractivity contribution in [3.63, 3.8) is 0 Å². The highest BCUT2D eigenvalue weighted by molar-refractivity contribution is 5.83. The number of ether oxygens (including phenoxy) is 1. The third kappa shape index (κ3) is 4.51. The van der Waals surface area contributed by atoms with Crippen molar-refractivity contribution in [2.24, 2.45) is 0 Å².